The molecule has 0 amide bonds. The van der Waals surface area contributed by atoms with Crippen molar-refractivity contribution in [1.29, 1.82) is 0 Å². The van der Waals surface area contributed by atoms with Crippen LogP contribution in [0.15, 0.2) is 6.07 Å². The van der Waals surface area contributed by atoms with Crippen LogP contribution in [0.25, 0.3) is 0 Å². The third-order valence-electron chi connectivity index (χ3n) is 4.49. The molecule has 4 N–H and O–H groups in total. The van der Waals surface area contributed by atoms with Gasteiger partial charge in [0.15, 0.2) is 0 Å². The summed E-state index contributed by atoms with van der Waals surface area (Å²) in [5.74, 6) is 0. The van der Waals surface area contributed by atoms with Crippen molar-refractivity contribution in [2.75, 3.05) is 11.5 Å². The maximum Gasteiger partial charge on any atom is 0.495 e. The predicted octanol–water partition coefficient (Wildman–Crippen LogP) is 1.77. The molecule has 1 heterocycles. The van der Waals surface area contributed by atoms with Crippen molar-refractivity contribution >= 4 is 24.0 Å². The van der Waals surface area contributed by atoms with Crippen LogP contribution in [0.4, 0.5) is 11.4 Å². The smallest absolute Gasteiger partial charge is 0.399 e. The molecule has 0 radical (unpaired) electrons. The van der Waals surface area contributed by atoms with Gasteiger partial charge in [0.05, 0.1) is 11.2 Å². The van der Waals surface area contributed by atoms with Crippen molar-refractivity contribution in [2.45, 2.75) is 52.7 Å². The average Bonchev–Trinajstić information content (AvgIpc) is 2.50. The van der Waals surface area contributed by atoms with Gasteiger partial charge in [-0.25, -0.2) is 0 Å². The number of nitrogens with two attached hydrogens (primary N) is 2. The van der Waals surface area contributed by atoms with E-state index in [1.807, 2.05) is 47.6 Å². The van der Waals surface area contributed by atoms with Crippen LogP contribution in [0, 0.1) is 13.8 Å². The number of hydrogen-bond donors (Lipinski definition) is 2. The highest BCUT2D eigenvalue weighted by atomic mass is 16.7. The Balaban J connectivity index is 2.46. The van der Waals surface area contributed by atoms with Gasteiger partial charge in [-0.15, -0.1) is 0 Å². The molecule has 0 spiro atoms. The van der Waals surface area contributed by atoms with Crippen LogP contribution in [0.1, 0.15) is 38.8 Å². The largest absolute Gasteiger partial charge is 0.495 e. The zero-order valence-electron chi connectivity index (χ0n) is 12.6. The van der Waals surface area contributed by atoms with Gasteiger partial charge in [-0.05, 0) is 64.2 Å². The van der Waals surface area contributed by atoms with E-state index in [9.17, 15) is 0 Å². The van der Waals surface area contributed by atoms with E-state index in [2.05, 4.69) is 0 Å². The Bertz CT molecular complexity index is 511. The molecule has 0 bridgehead atoms. The Morgan fingerprint density at radius 2 is 1.42 bits per heavy atom. The van der Waals surface area contributed by atoms with E-state index in [0.29, 0.717) is 11.4 Å². The number of nitrogen functional groups attached to an aromatic ring is 2. The average molecular weight is 262 g/mol. The highest BCUT2D eigenvalue weighted by molar-refractivity contribution is 6.63. The van der Waals surface area contributed by atoms with Crippen LogP contribution in [0.2, 0.25) is 0 Å². The van der Waals surface area contributed by atoms with E-state index < -0.39 is 7.12 Å². The van der Waals surface area contributed by atoms with E-state index in [-0.39, 0.29) is 11.2 Å². The van der Waals surface area contributed by atoms with Gasteiger partial charge in [-0.3, -0.25) is 0 Å². The Labute approximate surface area is 115 Å². The monoisotopic (exact) mass is 262 g/mol. The van der Waals surface area contributed by atoms with Crippen LogP contribution >= 0.6 is 0 Å². The van der Waals surface area contributed by atoms with Gasteiger partial charge in [0, 0.05) is 11.4 Å². The molecular formula is C14H23BN2O2. The molecule has 1 aromatic carbocycles. The van der Waals surface area contributed by atoms with Gasteiger partial charge in [0.1, 0.15) is 0 Å². The van der Waals surface area contributed by atoms with Crippen molar-refractivity contribution in [2.24, 2.45) is 0 Å². The van der Waals surface area contributed by atoms with Crippen molar-refractivity contribution in [3.8, 4) is 0 Å². The Kier molecular flexibility index (Phi) is 3.11. The zero-order valence-corrected chi connectivity index (χ0v) is 12.6. The fourth-order valence-electron chi connectivity index (χ4n) is 2.19. The van der Waals surface area contributed by atoms with Gasteiger partial charge < -0.3 is 20.8 Å². The van der Waals surface area contributed by atoms with Crippen molar-refractivity contribution in [3.05, 3.63) is 17.2 Å². The molecule has 104 valence electrons. The highest BCUT2D eigenvalue weighted by Gasteiger charge is 2.52. The van der Waals surface area contributed by atoms with Gasteiger partial charge >= 0.3 is 7.12 Å². The normalized spacial score (nSPS) is 20.8. The van der Waals surface area contributed by atoms with E-state index >= 15 is 0 Å². The summed E-state index contributed by atoms with van der Waals surface area (Å²) in [5, 5.41) is 0. The van der Waals surface area contributed by atoms with Gasteiger partial charge in [-0.1, -0.05) is 0 Å². The molecule has 0 saturated carbocycles. The van der Waals surface area contributed by atoms with Crippen LogP contribution < -0.4 is 16.9 Å². The predicted molar refractivity (Wildman–Crippen MR) is 80.5 cm³/mol. The summed E-state index contributed by atoms with van der Waals surface area (Å²) in [6.45, 7) is 12.0. The quantitative estimate of drug-likeness (QED) is 0.597. The fraction of sp³-hybridized carbons (Fsp3) is 0.571. The first-order chi connectivity index (χ1) is 8.57. The second-order valence-corrected chi connectivity index (χ2v) is 6.31. The lowest BCUT2D eigenvalue weighted by atomic mass is 9.75. The first-order valence-corrected chi connectivity index (χ1v) is 6.57. The maximum absolute atomic E-state index is 6.10. The summed E-state index contributed by atoms with van der Waals surface area (Å²) in [4.78, 5) is 0. The standard InChI is InChI=1S/C14H23BN2O2/c1-8-10(7-11(16)9(2)12(8)17)15-18-13(3,4)14(5,6)19-15/h7H,16-17H2,1-6H3. The van der Waals surface area contributed by atoms with Gasteiger partial charge in [0.2, 0.25) is 0 Å². The number of benzene rings is 1. The summed E-state index contributed by atoms with van der Waals surface area (Å²) in [5.41, 5.74) is 15.6. The third-order valence-corrected chi connectivity index (χ3v) is 4.49. The third kappa shape index (κ3) is 2.11. The summed E-state index contributed by atoms with van der Waals surface area (Å²) in [6, 6.07) is 1.91. The summed E-state index contributed by atoms with van der Waals surface area (Å²) in [7, 11) is -0.421. The molecular weight excluding hydrogens is 239 g/mol. The van der Waals surface area contributed by atoms with E-state index in [1.165, 1.54) is 0 Å². The first-order valence-electron chi connectivity index (χ1n) is 6.57. The van der Waals surface area contributed by atoms with Crippen molar-refractivity contribution < 1.29 is 9.31 Å². The van der Waals surface area contributed by atoms with Crippen LogP contribution in [0.5, 0.6) is 0 Å². The number of rotatable bonds is 1. The minimum atomic E-state index is -0.421. The maximum atomic E-state index is 6.10. The minimum Gasteiger partial charge on any atom is -0.399 e. The molecule has 1 saturated heterocycles. The van der Waals surface area contributed by atoms with E-state index in [4.69, 9.17) is 20.8 Å². The van der Waals surface area contributed by atoms with E-state index in [0.717, 1.165) is 16.6 Å². The lowest BCUT2D eigenvalue weighted by molar-refractivity contribution is 0.00578. The molecule has 1 fully saturated rings. The molecule has 0 unspecified atom stereocenters. The number of hydrogen-bond acceptors (Lipinski definition) is 4. The molecule has 5 heteroatoms. The number of anilines is 2. The lowest BCUT2D eigenvalue weighted by Gasteiger charge is -2.32. The molecule has 0 aromatic heterocycles. The molecule has 4 nitrogen and oxygen atoms in total. The second kappa shape index (κ2) is 4.15. The van der Waals surface area contributed by atoms with Gasteiger partial charge in [0.25, 0.3) is 0 Å². The fourth-order valence-corrected chi connectivity index (χ4v) is 2.19. The van der Waals surface area contributed by atoms with Crippen LogP contribution in [0.3, 0.4) is 0 Å². The Morgan fingerprint density at radius 1 is 0.947 bits per heavy atom. The molecule has 19 heavy (non-hydrogen) atoms. The van der Waals surface area contributed by atoms with Crippen LogP contribution in [-0.2, 0) is 9.31 Å². The molecule has 0 atom stereocenters. The first kappa shape index (κ1) is 14.2. The SMILES string of the molecule is Cc1c(N)cc(B2OC(C)(C)C(C)(C)O2)c(C)c1N. The zero-order chi connectivity index (χ0) is 14.6. The Morgan fingerprint density at radius 3 is 1.89 bits per heavy atom. The summed E-state index contributed by atoms with van der Waals surface area (Å²) < 4.78 is 12.1. The van der Waals surface area contributed by atoms with E-state index in [1.54, 1.807) is 0 Å². The minimum absolute atomic E-state index is 0.363. The topological polar surface area (TPSA) is 70.5 Å². The second-order valence-electron chi connectivity index (χ2n) is 6.31. The van der Waals surface area contributed by atoms with Crippen molar-refractivity contribution in [1.82, 2.24) is 0 Å². The highest BCUT2D eigenvalue weighted by Crippen LogP contribution is 2.37. The summed E-state index contributed by atoms with van der Waals surface area (Å²) >= 11 is 0. The molecule has 0 aliphatic carbocycles. The van der Waals surface area contributed by atoms with Crippen molar-refractivity contribution in [3.63, 3.8) is 0 Å². The summed E-state index contributed by atoms with van der Waals surface area (Å²) in [6.07, 6.45) is 0. The Hall–Kier alpha value is -1.20. The molecule has 1 aromatic rings. The van der Waals surface area contributed by atoms with Gasteiger partial charge in [-0.2, -0.15) is 0 Å². The lowest BCUT2D eigenvalue weighted by Crippen LogP contribution is -2.41. The van der Waals surface area contributed by atoms with Crippen LogP contribution in [-0.4, -0.2) is 18.3 Å². The molecule has 1 aliphatic heterocycles. The molecule has 2 rings (SSSR count). The molecule has 1 aliphatic rings.